The van der Waals surface area contributed by atoms with Crippen molar-refractivity contribution in [2.45, 2.75) is 5.33 Å². The number of carboxylic acids is 1. The Morgan fingerprint density at radius 2 is 2.23 bits per heavy atom. The minimum absolute atomic E-state index is 0.0748. The highest BCUT2D eigenvalue weighted by Gasteiger charge is 2.13. The molecule has 5 heteroatoms. The summed E-state index contributed by atoms with van der Waals surface area (Å²) in [5, 5.41) is 9.04. The number of halogens is 3. The van der Waals surface area contributed by atoms with Gasteiger partial charge in [0.2, 0.25) is 0 Å². The largest absolute Gasteiger partial charge is 0.478 e. The molecule has 70 valence electrons. The first-order valence-corrected chi connectivity index (χ1v) is 4.83. The van der Waals surface area contributed by atoms with E-state index in [0.717, 1.165) is 6.07 Å². The zero-order valence-electron chi connectivity index (χ0n) is 6.35. The van der Waals surface area contributed by atoms with Crippen molar-refractivity contribution in [1.82, 2.24) is 0 Å². The molecule has 0 radical (unpaired) electrons. The molecule has 13 heavy (non-hydrogen) atoms. The van der Waals surface area contributed by atoms with Crippen LogP contribution in [0.4, 0.5) is 4.39 Å². The molecule has 1 aromatic rings. The molecule has 0 saturated heterocycles. The zero-order chi connectivity index (χ0) is 10.0. The maximum absolute atomic E-state index is 12.8. The number of aromatic carboxylic acids is 1. The highest BCUT2D eigenvalue weighted by atomic mass is 79.9. The summed E-state index contributed by atoms with van der Waals surface area (Å²) in [5.74, 6) is -1.83. The molecular weight excluding hydrogens is 262 g/mol. The molecule has 1 aromatic carbocycles. The normalized spacial score (nSPS) is 10.1. The Kier molecular flexibility index (Phi) is 3.27. The van der Waals surface area contributed by atoms with E-state index in [1.807, 2.05) is 0 Å². The first-order chi connectivity index (χ1) is 6.06. The van der Waals surface area contributed by atoms with Gasteiger partial charge >= 0.3 is 5.97 Å². The van der Waals surface area contributed by atoms with Crippen molar-refractivity contribution in [1.29, 1.82) is 0 Å². The maximum Gasteiger partial charge on any atom is 0.337 e. The Bertz CT molecular complexity index is 354. The van der Waals surface area contributed by atoms with Gasteiger partial charge in [0.25, 0.3) is 0 Å². The highest BCUT2D eigenvalue weighted by molar-refractivity contribution is 9.08. The van der Waals surface area contributed by atoms with E-state index < -0.39 is 11.8 Å². The zero-order valence-corrected chi connectivity index (χ0v) is 8.69. The smallest absolute Gasteiger partial charge is 0.337 e. The maximum atomic E-state index is 12.8. The van der Waals surface area contributed by atoms with E-state index in [1.54, 1.807) is 0 Å². The lowest BCUT2D eigenvalue weighted by molar-refractivity contribution is 0.0696. The van der Waals surface area contributed by atoms with Gasteiger partial charge in [0, 0.05) is 5.33 Å². The topological polar surface area (TPSA) is 37.3 Å². The second kappa shape index (κ2) is 4.07. The number of benzene rings is 1. The fraction of sp³-hybridized carbons (Fsp3) is 0.125. The van der Waals surface area contributed by atoms with Crippen LogP contribution in [0, 0.1) is 5.82 Å². The first kappa shape index (κ1) is 10.5. The van der Waals surface area contributed by atoms with Gasteiger partial charge in [-0.3, -0.25) is 0 Å². The molecule has 0 heterocycles. The third kappa shape index (κ3) is 2.19. The van der Waals surface area contributed by atoms with Gasteiger partial charge in [-0.2, -0.15) is 0 Å². The number of hydrogen-bond donors (Lipinski definition) is 1. The molecule has 0 atom stereocenters. The van der Waals surface area contributed by atoms with E-state index in [9.17, 15) is 9.18 Å². The Labute approximate surface area is 87.5 Å². The summed E-state index contributed by atoms with van der Waals surface area (Å²) >= 11 is 8.78. The molecule has 1 N–H and O–H groups in total. The fourth-order valence-electron chi connectivity index (χ4n) is 0.899. The van der Waals surface area contributed by atoms with E-state index in [0.29, 0.717) is 10.9 Å². The van der Waals surface area contributed by atoms with Crippen molar-refractivity contribution in [2.75, 3.05) is 0 Å². The van der Waals surface area contributed by atoms with Crippen molar-refractivity contribution >= 4 is 33.5 Å². The van der Waals surface area contributed by atoms with Crippen LogP contribution in [0.15, 0.2) is 12.1 Å². The van der Waals surface area contributed by atoms with Crippen LogP contribution in [-0.2, 0) is 5.33 Å². The molecule has 2 nitrogen and oxygen atoms in total. The number of rotatable bonds is 2. The molecule has 0 saturated carbocycles. The van der Waals surface area contributed by atoms with Crippen LogP contribution in [0.2, 0.25) is 5.02 Å². The molecule has 1 rings (SSSR count). The monoisotopic (exact) mass is 266 g/mol. The minimum atomic E-state index is -1.23. The lowest BCUT2D eigenvalue weighted by Gasteiger charge is -2.03. The Morgan fingerprint density at radius 3 is 2.69 bits per heavy atom. The molecule has 0 unspecified atom stereocenters. The fourth-order valence-corrected chi connectivity index (χ4v) is 1.76. The van der Waals surface area contributed by atoms with Crippen molar-refractivity contribution in [2.24, 2.45) is 0 Å². The van der Waals surface area contributed by atoms with Crippen molar-refractivity contribution < 1.29 is 14.3 Å². The summed E-state index contributed by atoms with van der Waals surface area (Å²) in [4.78, 5) is 10.6. The molecule has 0 aromatic heterocycles. The van der Waals surface area contributed by atoms with Crippen LogP contribution in [0.25, 0.3) is 0 Å². The van der Waals surface area contributed by atoms with Gasteiger partial charge < -0.3 is 5.11 Å². The van der Waals surface area contributed by atoms with Crippen LogP contribution in [0.3, 0.4) is 0 Å². The lowest BCUT2D eigenvalue weighted by atomic mass is 10.1. The molecular formula is C8H5BrClFO2. The number of carboxylic acid groups (broad SMARTS) is 1. The van der Waals surface area contributed by atoms with E-state index in [2.05, 4.69) is 15.9 Å². The SMILES string of the molecule is O=C(O)c1cc(F)cc(CBr)c1Cl. The van der Waals surface area contributed by atoms with Gasteiger partial charge in [-0.1, -0.05) is 27.5 Å². The van der Waals surface area contributed by atoms with Crippen LogP contribution in [-0.4, -0.2) is 11.1 Å². The van der Waals surface area contributed by atoms with Crippen molar-refractivity contribution in [3.05, 3.63) is 34.1 Å². The highest BCUT2D eigenvalue weighted by Crippen LogP contribution is 2.24. The average molecular weight is 267 g/mol. The van der Waals surface area contributed by atoms with Gasteiger partial charge in [0.1, 0.15) is 5.82 Å². The van der Waals surface area contributed by atoms with Crippen LogP contribution < -0.4 is 0 Å². The first-order valence-electron chi connectivity index (χ1n) is 3.33. The molecule has 0 spiro atoms. The third-order valence-corrected chi connectivity index (χ3v) is 2.54. The average Bonchev–Trinajstić information content (AvgIpc) is 2.08. The van der Waals surface area contributed by atoms with Gasteiger partial charge in [-0.15, -0.1) is 0 Å². The molecule has 0 bridgehead atoms. The second-order valence-electron chi connectivity index (χ2n) is 2.37. The standard InChI is InChI=1S/C8H5BrClFO2/c9-3-4-1-5(11)2-6(7(4)10)8(12)13/h1-2H,3H2,(H,12,13). The Balaban J connectivity index is 3.35. The van der Waals surface area contributed by atoms with Gasteiger partial charge in [-0.05, 0) is 17.7 Å². The summed E-state index contributed by atoms with van der Waals surface area (Å²) in [7, 11) is 0. The van der Waals surface area contributed by atoms with E-state index in [1.165, 1.54) is 6.07 Å². The molecule has 0 amide bonds. The third-order valence-electron chi connectivity index (χ3n) is 1.49. The predicted octanol–water partition coefficient (Wildman–Crippen LogP) is 3.07. The minimum Gasteiger partial charge on any atom is -0.478 e. The molecule has 0 aliphatic rings. The van der Waals surface area contributed by atoms with Crippen LogP contribution in [0.1, 0.15) is 15.9 Å². The Hall–Kier alpha value is -0.610. The number of carbonyl (C=O) groups is 1. The second-order valence-corrected chi connectivity index (χ2v) is 3.30. The van der Waals surface area contributed by atoms with Gasteiger partial charge in [0.05, 0.1) is 10.6 Å². The van der Waals surface area contributed by atoms with Crippen LogP contribution in [0.5, 0.6) is 0 Å². The summed E-state index contributed by atoms with van der Waals surface area (Å²) in [5.41, 5.74) is 0.218. The van der Waals surface area contributed by atoms with Gasteiger partial charge in [-0.25, -0.2) is 9.18 Å². The summed E-state index contributed by atoms with van der Waals surface area (Å²) in [6.07, 6.45) is 0. The van der Waals surface area contributed by atoms with Gasteiger partial charge in [0.15, 0.2) is 0 Å². The quantitative estimate of drug-likeness (QED) is 0.836. The Morgan fingerprint density at radius 1 is 1.62 bits per heavy atom. The summed E-state index contributed by atoms with van der Waals surface area (Å²) in [6.45, 7) is 0. The van der Waals surface area contributed by atoms with Crippen molar-refractivity contribution in [3.8, 4) is 0 Å². The van der Waals surface area contributed by atoms with Crippen molar-refractivity contribution in [3.63, 3.8) is 0 Å². The van der Waals surface area contributed by atoms with E-state index >= 15 is 0 Å². The number of hydrogen-bond acceptors (Lipinski definition) is 1. The summed E-state index contributed by atoms with van der Waals surface area (Å²) < 4.78 is 12.8. The molecule has 0 fully saturated rings. The summed E-state index contributed by atoms with van der Waals surface area (Å²) in [6, 6.07) is 2.10. The molecule has 0 aliphatic carbocycles. The predicted molar refractivity (Wildman–Crippen MR) is 51.0 cm³/mol. The van der Waals surface area contributed by atoms with Crippen LogP contribution >= 0.6 is 27.5 Å². The molecule has 0 aliphatic heterocycles. The lowest BCUT2D eigenvalue weighted by Crippen LogP contribution is -2.00. The van der Waals surface area contributed by atoms with E-state index in [-0.39, 0.29) is 10.6 Å². The number of alkyl halides is 1. The van der Waals surface area contributed by atoms with E-state index in [4.69, 9.17) is 16.7 Å².